The van der Waals surface area contributed by atoms with Crippen LogP contribution in [0.5, 0.6) is 6.01 Å². The van der Waals surface area contributed by atoms with Crippen molar-refractivity contribution in [1.29, 1.82) is 0 Å². The van der Waals surface area contributed by atoms with Gasteiger partial charge in [0.1, 0.15) is 0 Å². The topological polar surface area (TPSA) is 107 Å². The number of hydrogen-bond donors (Lipinski definition) is 2. The Morgan fingerprint density at radius 2 is 1.52 bits per heavy atom. The minimum atomic E-state index is -0.602. The molecule has 0 aliphatic carbocycles. The highest BCUT2D eigenvalue weighted by molar-refractivity contribution is 7.99. The van der Waals surface area contributed by atoms with E-state index in [4.69, 9.17) is 14.2 Å². The second-order valence-corrected chi connectivity index (χ2v) is 8.23. The van der Waals surface area contributed by atoms with E-state index in [1.807, 2.05) is 13.2 Å². The van der Waals surface area contributed by atoms with Gasteiger partial charge in [-0.2, -0.15) is 15.0 Å². The Morgan fingerprint density at radius 3 is 2.14 bits per heavy atom. The van der Waals surface area contributed by atoms with Crippen molar-refractivity contribution in [3.63, 3.8) is 0 Å². The number of aromatic nitrogens is 3. The van der Waals surface area contributed by atoms with Crippen molar-refractivity contribution in [2.24, 2.45) is 0 Å². The molecule has 2 N–H and O–H groups in total. The molecule has 0 saturated carbocycles. The number of thioether (sulfide) groups is 2. The summed E-state index contributed by atoms with van der Waals surface area (Å²) in [5.74, 6) is 0.435. The third kappa shape index (κ3) is 13.3. The number of nitrogens with zero attached hydrogens (tertiary/aromatic N) is 3. The van der Waals surface area contributed by atoms with Gasteiger partial charge in [0, 0.05) is 19.0 Å². The maximum Gasteiger partial charge on any atom is 0.321 e. The van der Waals surface area contributed by atoms with Gasteiger partial charge >= 0.3 is 6.01 Å². The molecule has 2 atom stereocenters. The van der Waals surface area contributed by atoms with Crippen LogP contribution < -0.4 is 4.74 Å². The fourth-order valence-electron chi connectivity index (χ4n) is 2.03. The van der Waals surface area contributed by atoms with E-state index < -0.39 is 6.10 Å². The Labute approximate surface area is 182 Å². The molecule has 0 saturated heterocycles. The first-order chi connectivity index (χ1) is 14.1. The molecule has 29 heavy (non-hydrogen) atoms. The summed E-state index contributed by atoms with van der Waals surface area (Å²) in [5.41, 5.74) is 0. The number of aliphatic hydroxyl groups is 2. The summed E-state index contributed by atoms with van der Waals surface area (Å²) in [5, 5.41) is 20.6. The Kier molecular flexibility index (Phi) is 15.5. The molecule has 168 valence electrons. The summed E-state index contributed by atoms with van der Waals surface area (Å²) in [6.07, 6.45) is 5.34. The van der Waals surface area contributed by atoms with Crippen LogP contribution in [0.1, 0.15) is 46.0 Å². The molecule has 0 aromatic carbocycles. The van der Waals surface area contributed by atoms with E-state index in [9.17, 15) is 10.2 Å². The van der Waals surface area contributed by atoms with E-state index >= 15 is 0 Å². The van der Waals surface area contributed by atoms with Crippen LogP contribution in [-0.4, -0.2) is 82.4 Å². The van der Waals surface area contributed by atoms with Crippen molar-refractivity contribution in [3.8, 4) is 6.01 Å². The lowest BCUT2D eigenvalue weighted by atomic mass is 10.3. The number of aliphatic hydroxyl groups excluding tert-OH is 2. The zero-order chi connectivity index (χ0) is 21.3. The van der Waals surface area contributed by atoms with E-state index in [1.54, 1.807) is 0 Å². The number of rotatable bonds is 18. The lowest BCUT2D eigenvalue weighted by Crippen LogP contribution is -2.19. The maximum atomic E-state index is 10.1. The van der Waals surface area contributed by atoms with E-state index in [2.05, 4.69) is 21.9 Å². The molecule has 1 rings (SSSR count). The lowest BCUT2D eigenvalue weighted by molar-refractivity contribution is 0.0243. The fraction of sp³-hybridized carbons (Fsp3) is 0.842. The Balaban J connectivity index is 2.20. The van der Waals surface area contributed by atoms with Crippen LogP contribution >= 0.6 is 23.5 Å². The van der Waals surface area contributed by atoms with Crippen molar-refractivity contribution in [2.75, 3.05) is 45.0 Å². The first-order valence-corrected chi connectivity index (χ1v) is 12.4. The smallest absolute Gasteiger partial charge is 0.321 e. The van der Waals surface area contributed by atoms with Crippen LogP contribution in [0.2, 0.25) is 0 Å². The summed E-state index contributed by atoms with van der Waals surface area (Å²) < 4.78 is 16.5. The van der Waals surface area contributed by atoms with E-state index in [0.717, 1.165) is 25.7 Å². The highest BCUT2D eigenvalue weighted by Crippen LogP contribution is 2.20. The van der Waals surface area contributed by atoms with Crippen molar-refractivity contribution in [2.45, 2.75) is 68.5 Å². The van der Waals surface area contributed by atoms with Crippen LogP contribution in [-0.2, 0) is 9.47 Å². The van der Waals surface area contributed by atoms with Crippen molar-refractivity contribution >= 4 is 23.5 Å². The lowest BCUT2D eigenvalue weighted by Gasteiger charge is -2.12. The Morgan fingerprint density at radius 1 is 0.862 bits per heavy atom. The zero-order valence-electron chi connectivity index (χ0n) is 17.7. The largest absolute Gasteiger partial charge is 0.463 e. The summed E-state index contributed by atoms with van der Waals surface area (Å²) in [6, 6.07) is 0.333. The summed E-state index contributed by atoms with van der Waals surface area (Å²) in [6.45, 7) is 6.43. The molecule has 0 aliphatic heterocycles. The predicted molar refractivity (Wildman–Crippen MR) is 116 cm³/mol. The quantitative estimate of drug-likeness (QED) is 0.257. The molecule has 1 heterocycles. The molecule has 0 fully saturated rings. The maximum absolute atomic E-state index is 10.1. The van der Waals surface area contributed by atoms with Gasteiger partial charge in [-0.3, -0.25) is 0 Å². The number of ether oxygens (including phenoxy) is 3. The van der Waals surface area contributed by atoms with Gasteiger partial charge < -0.3 is 24.4 Å². The minimum Gasteiger partial charge on any atom is -0.463 e. The van der Waals surface area contributed by atoms with E-state index in [1.165, 1.54) is 23.5 Å². The highest BCUT2D eigenvalue weighted by atomic mass is 32.2. The molecular formula is C19H35N3O5S2. The van der Waals surface area contributed by atoms with Gasteiger partial charge in [-0.25, -0.2) is 0 Å². The van der Waals surface area contributed by atoms with Crippen LogP contribution in [0.4, 0.5) is 0 Å². The highest BCUT2D eigenvalue weighted by Gasteiger charge is 2.11. The molecule has 0 amide bonds. The number of unbranched alkanes of at least 4 members (excludes halogenated alkanes) is 2. The Hall–Kier alpha value is -0.650. The Bertz CT molecular complexity index is 543. The van der Waals surface area contributed by atoms with Gasteiger partial charge in [0.25, 0.3) is 0 Å². The average Bonchev–Trinajstić information content (AvgIpc) is 2.73. The second kappa shape index (κ2) is 17.1. The third-order valence-electron chi connectivity index (χ3n) is 3.81. The molecule has 0 radical (unpaired) electrons. The average molecular weight is 450 g/mol. The number of hydrogen-bond acceptors (Lipinski definition) is 10. The van der Waals surface area contributed by atoms with Crippen molar-refractivity contribution < 1.29 is 24.4 Å². The van der Waals surface area contributed by atoms with Crippen LogP contribution in [0.25, 0.3) is 0 Å². The molecule has 2 unspecified atom stereocenters. The second-order valence-electron chi connectivity index (χ2n) is 6.47. The molecule has 0 spiro atoms. The van der Waals surface area contributed by atoms with Crippen LogP contribution in [0.15, 0.2) is 10.3 Å². The van der Waals surface area contributed by atoms with Gasteiger partial charge in [-0.05, 0) is 31.9 Å². The molecule has 0 bridgehead atoms. The normalized spacial score (nSPS) is 13.4. The van der Waals surface area contributed by atoms with E-state index in [0.29, 0.717) is 54.9 Å². The standard InChI is InChI=1S/C19H35N3O5S2/c1-4-6-11-27-17-20-18(28-3)22-19(21-17)29-14-16(24)13-26-10-8-7-9-25-12-15(23)5-2/h15-16,23-24H,4-14H2,1-3H3. The third-order valence-corrected chi connectivity index (χ3v) is 5.35. The fourth-order valence-corrected chi connectivity index (χ4v) is 3.17. The van der Waals surface area contributed by atoms with E-state index in [-0.39, 0.29) is 12.7 Å². The molecule has 0 aliphatic rings. The SMILES string of the molecule is CCCCOc1nc(SC)nc(SCC(O)COCCCCOCC(O)CC)n1. The van der Waals surface area contributed by atoms with Crippen LogP contribution in [0, 0.1) is 0 Å². The summed E-state index contributed by atoms with van der Waals surface area (Å²) in [7, 11) is 0. The van der Waals surface area contributed by atoms with Gasteiger partial charge in [-0.15, -0.1) is 0 Å². The predicted octanol–water partition coefficient (Wildman–Crippen LogP) is 2.81. The van der Waals surface area contributed by atoms with Gasteiger partial charge in [0.05, 0.1) is 32.0 Å². The summed E-state index contributed by atoms with van der Waals surface area (Å²) >= 11 is 2.79. The molecule has 1 aromatic heterocycles. The van der Waals surface area contributed by atoms with Crippen molar-refractivity contribution in [1.82, 2.24) is 15.0 Å². The first-order valence-electron chi connectivity index (χ1n) is 10.2. The summed E-state index contributed by atoms with van der Waals surface area (Å²) in [4.78, 5) is 12.9. The zero-order valence-corrected chi connectivity index (χ0v) is 19.3. The van der Waals surface area contributed by atoms with Crippen molar-refractivity contribution in [3.05, 3.63) is 0 Å². The first kappa shape index (κ1) is 26.4. The molecule has 10 heteroatoms. The van der Waals surface area contributed by atoms with Gasteiger partial charge in [-0.1, -0.05) is 43.8 Å². The molecule has 1 aromatic rings. The van der Waals surface area contributed by atoms with Gasteiger partial charge in [0.2, 0.25) is 0 Å². The monoisotopic (exact) mass is 449 g/mol. The van der Waals surface area contributed by atoms with Gasteiger partial charge in [0.15, 0.2) is 10.3 Å². The molecule has 8 nitrogen and oxygen atoms in total. The molecular weight excluding hydrogens is 414 g/mol. The minimum absolute atomic E-state index is 0.267. The van der Waals surface area contributed by atoms with Crippen LogP contribution in [0.3, 0.4) is 0 Å².